The summed E-state index contributed by atoms with van der Waals surface area (Å²) in [5.74, 6) is 0.307. The smallest absolute Gasteiger partial charge is 0.184 e. The van der Waals surface area contributed by atoms with Gasteiger partial charge in [-0.25, -0.2) is 4.57 Å². The van der Waals surface area contributed by atoms with Gasteiger partial charge in [0.15, 0.2) is 11.9 Å². The van der Waals surface area contributed by atoms with Gasteiger partial charge in [-0.3, -0.25) is 0 Å². The molecule has 0 aliphatic rings. The number of rotatable bonds is 2. The average molecular weight is 342 g/mol. The fourth-order valence-electron chi connectivity index (χ4n) is 3.33. The third-order valence-electron chi connectivity index (χ3n) is 4.89. The maximum Gasteiger partial charge on any atom is 0.184 e. The summed E-state index contributed by atoms with van der Waals surface area (Å²) in [6, 6.07) is 8.61. The van der Waals surface area contributed by atoms with Crippen molar-refractivity contribution in [1.82, 2.24) is 0 Å². The standard InChI is InChI=1S/C24H36N/c1-16(2)22-14-20(17(3)15-25(22)10)19-12-11-18(23(4,5)6)13-21(19)24(7,8)9/h11-16H,1-10H3/q+1/i3D3. The molecule has 0 N–H and O–H groups in total. The van der Waals surface area contributed by atoms with E-state index in [9.17, 15) is 0 Å². The highest BCUT2D eigenvalue weighted by molar-refractivity contribution is 5.72. The first-order valence-electron chi connectivity index (χ1n) is 10.7. The van der Waals surface area contributed by atoms with Crippen molar-refractivity contribution in [2.24, 2.45) is 7.05 Å². The molecule has 0 saturated carbocycles. The summed E-state index contributed by atoms with van der Waals surface area (Å²) in [4.78, 5) is 0. The predicted octanol–water partition coefficient (Wildman–Crippen LogP) is 6.20. The Morgan fingerprint density at radius 1 is 0.920 bits per heavy atom. The molecular weight excluding hydrogens is 302 g/mol. The number of benzene rings is 1. The Labute approximate surface area is 159 Å². The van der Waals surface area contributed by atoms with E-state index in [-0.39, 0.29) is 10.8 Å². The number of hydrogen-bond donors (Lipinski definition) is 0. The van der Waals surface area contributed by atoms with E-state index in [1.807, 2.05) is 11.6 Å². The van der Waals surface area contributed by atoms with Crippen LogP contribution in [0.2, 0.25) is 0 Å². The maximum atomic E-state index is 8.13. The van der Waals surface area contributed by atoms with Crippen molar-refractivity contribution in [2.75, 3.05) is 0 Å². The SMILES string of the molecule is [2H]C([2H])([2H])c1c[n+](C)c(C(C)C)cc1-c1ccc(C(C)(C)C)cc1C(C)(C)C. The van der Waals surface area contributed by atoms with Gasteiger partial charge in [0, 0.05) is 21.7 Å². The van der Waals surface area contributed by atoms with Gasteiger partial charge in [0.25, 0.3) is 0 Å². The first-order valence-corrected chi connectivity index (χ1v) is 9.23. The second-order valence-electron chi connectivity index (χ2n) is 9.55. The van der Waals surface area contributed by atoms with Crippen LogP contribution in [-0.4, -0.2) is 0 Å². The van der Waals surface area contributed by atoms with Crippen LogP contribution in [0.4, 0.5) is 0 Å². The van der Waals surface area contributed by atoms with Crippen LogP contribution in [0.1, 0.15) is 87.8 Å². The monoisotopic (exact) mass is 341 g/mol. The van der Waals surface area contributed by atoms with Crippen molar-refractivity contribution in [3.63, 3.8) is 0 Å². The molecule has 0 atom stereocenters. The molecule has 2 aromatic rings. The van der Waals surface area contributed by atoms with Gasteiger partial charge in [0.05, 0.1) is 0 Å². The zero-order chi connectivity index (χ0) is 21.7. The van der Waals surface area contributed by atoms with Crippen LogP contribution in [0.15, 0.2) is 30.5 Å². The molecule has 0 amide bonds. The van der Waals surface area contributed by atoms with E-state index in [2.05, 4.69) is 79.7 Å². The molecule has 1 heterocycles. The van der Waals surface area contributed by atoms with Gasteiger partial charge < -0.3 is 0 Å². The molecule has 0 fully saturated rings. The third kappa shape index (κ3) is 4.14. The number of aryl methyl sites for hydroxylation is 2. The van der Waals surface area contributed by atoms with E-state index < -0.39 is 6.85 Å². The summed E-state index contributed by atoms with van der Waals surface area (Å²) < 4.78 is 26.3. The minimum Gasteiger partial charge on any atom is -0.205 e. The van der Waals surface area contributed by atoms with Gasteiger partial charge >= 0.3 is 0 Å². The summed E-state index contributed by atoms with van der Waals surface area (Å²) in [5.41, 5.74) is 5.78. The molecule has 0 radical (unpaired) electrons. The van der Waals surface area contributed by atoms with E-state index in [0.717, 1.165) is 16.8 Å². The Balaban J connectivity index is 2.92. The van der Waals surface area contributed by atoms with Crippen molar-refractivity contribution in [2.45, 2.75) is 79.0 Å². The highest BCUT2D eigenvalue weighted by Crippen LogP contribution is 2.38. The molecule has 0 unspecified atom stereocenters. The Kier molecular flexibility index (Phi) is 4.12. The minimum atomic E-state index is -2.17. The molecule has 0 bridgehead atoms. The van der Waals surface area contributed by atoms with Crippen molar-refractivity contribution in [3.8, 4) is 11.1 Å². The summed E-state index contributed by atoms with van der Waals surface area (Å²) in [6.45, 7) is 15.3. The van der Waals surface area contributed by atoms with Gasteiger partial charge in [-0.05, 0) is 39.9 Å². The average Bonchev–Trinajstić information content (AvgIpc) is 2.51. The maximum absolute atomic E-state index is 8.13. The summed E-state index contributed by atoms with van der Waals surface area (Å²) >= 11 is 0. The molecule has 0 aliphatic heterocycles. The molecule has 2 rings (SSSR count). The molecule has 1 heteroatoms. The highest BCUT2D eigenvalue weighted by Gasteiger charge is 2.25. The predicted molar refractivity (Wildman–Crippen MR) is 109 cm³/mol. The number of nitrogens with zero attached hydrogens (tertiary/aromatic N) is 1. The van der Waals surface area contributed by atoms with E-state index in [1.54, 1.807) is 6.20 Å². The molecule has 136 valence electrons. The van der Waals surface area contributed by atoms with Gasteiger partial charge in [-0.15, -0.1) is 0 Å². The van der Waals surface area contributed by atoms with Crippen LogP contribution >= 0.6 is 0 Å². The normalized spacial score (nSPS) is 15.0. The van der Waals surface area contributed by atoms with E-state index in [0.29, 0.717) is 11.5 Å². The summed E-state index contributed by atoms with van der Waals surface area (Å²) in [6.07, 6.45) is 1.79. The first kappa shape index (κ1) is 15.6. The van der Waals surface area contributed by atoms with Gasteiger partial charge in [-0.1, -0.05) is 73.6 Å². The quantitative estimate of drug-likeness (QED) is 0.572. The second kappa shape index (κ2) is 6.59. The molecule has 0 aliphatic carbocycles. The first-order chi connectivity index (χ1) is 12.5. The Morgan fingerprint density at radius 3 is 2.04 bits per heavy atom. The largest absolute Gasteiger partial charge is 0.205 e. The topological polar surface area (TPSA) is 3.88 Å². The fraction of sp³-hybridized carbons (Fsp3) is 0.542. The van der Waals surface area contributed by atoms with E-state index in [4.69, 9.17) is 4.11 Å². The van der Waals surface area contributed by atoms with Gasteiger partial charge in [0.2, 0.25) is 0 Å². The molecule has 1 aromatic heterocycles. The van der Waals surface area contributed by atoms with Crippen molar-refractivity contribution >= 4 is 0 Å². The fourth-order valence-corrected chi connectivity index (χ4v) is 3.33. The van der Waals surface area contributed by atoms with Crippen LogP contribution in [-0.2, 0) is 17.9 Å². The van der Waals surface area contributed by atoms with Crippen LogP contribution in [0.3, 0.4) is 0 Å². The van der Waals surface area contributed by atoms with Gasteiger partial charge in [-0.2, -0.15) is 0 Å². The Hall–Kier alpha value is -1.63. The molecule has 0 spiro atoms. The third-order valence-corrected chi connectivity index (χ3v) is 4.89. The Morgan fingerprint density at radius 2 is 1.56 bits per heavy atom. The van der Waals surface area contributed by atoms with Crippen LogP contribution in [0.5, 0.6) is 0 Å². The second-order valence-corrected chi connectivity index (χ2v) is 9.55. The number of aromatic nitrogens is 1. The number of hydrogen-bond acceptors (Lipinski definition) is 0. The van der Waals surface area contributed by atoms with E-state index >= 15 is 0 Å². The Bertz CT molecular complexity index is 863. The summed E-state index contributed by atoms with van der Waals surface area (Å²) in [7, 11) is 1.93. The van der Waals surface area contributed by atoms with E-state index in [1.165, 1.54) is 11.1 Å². The zero-order valence-electron chi connectivity index (χ0n) is 20.4. The van der Waals surface area contributed by atoms with Crippen LogP contribution < -0.4 is 4.57 Å². The lowest BCUT2D eigenvalue weighted by atomic mass is 9.77. The molecular formula is C24H36N+. The molecule has 25 heavy (non-hydrogen) atoms. The lowest BCUT2D eigenvalue weighted by Gasteiger charge is -2.28. The minimum absolute atomic E-state index is 0.0393. The van der Waals surface area contributed by atoms with Crippen LogP contribution in [0.25, 0.3) is 11.1 Å². The molecule has 0 saturated heterocycles. The van der Waals surface area contributed by atoms with Crippen LogP contribution in [0, 0.1) is 6.85 Å². The zero-order valence-corrected chi connectivity index (χ0v) is 17.4. The summed E-state index contributed by atoms with van der Waals surface area (Å²) in [5, 5.41) is 0. The number of pyridine rings is 1. The lowest BCUT2D eigenvalue weighted by molar-refractivity contribution is -0.680. The van der Waals surface area contributed by atoms with Crippen molar-refractivity contribution in [3.05, 3.63) is 52.8 Å². The molecule has 1 aromatic carbocycles. The molecule has 1 nitrogen and oxygen atoms in total. The van der Waals surface area contributed by atoms with Crippen molar-refractivity contribution in [1.29, 1.82) is 0 Å². The lowest BCUT2D eigenvalue weighted by Crippen LogP contribution is -2.34. The van der Waals surface area contributed by atoms with Crippen molar-refractivity contribution < 1.29 is 8.68 Å². The van der Waals surface area contributed by atoms with Gasteiger partial charge in [0.1, 0.15) is 7.05 Å². The highest BCUT2D eigenvalue weighted by atomic mass is 14.9.